The number of aromatic nitrogens is 1. The summed E-state index contributed by atoms with van der Waals surface area (Å²) in [4.78, 5) is 22.6. The smallest absolute Gasteiger partial charge is 0.264 e. The van der Waals surface area contributed by atoms with Crippen LogP contribution in [0.1, 0.15) is 15.9 Å². The Morgan fingerprint density at radius 1 is 1.19 bits per heavy atom. The van der Waals surface area contributed by atoms with Gasteiger partial charge < -0.3 is 14.2 Å². The van der Waals surface area contributed by atoms with Crippen molar-refractivity contribution in [3.8, 4) is 11.5 Å². The Hall–Kier alpha value is -2.68. The lowest BCUT2D eigenvalue weighted by molar-refractivity contribution is 0.0391. The third-order valence-corrected chi connectivity index (χ3v) is 6.43. The molecule has 3 aromatic rings. The van der Waals surface area contributed by atoms with E-state index in [2.05, 4.69) is 17.9 Å². The van der Waals surface area contributed by atoms with Gasteiger partial charge in [0.05, 0.1) is 43.2 Å². The Morgan fingerprint density at radius 3 is 2.74 bits per heavy atom. The first-order chi connectivity index (χ1) is 15.1. The predicted octanol–water partition coefficient (Wildman–Crippen LogP) is 3.60. The molecular formula is C23H27N3O4S. The van der Waals surface area contributed by atoms with Crippen LogP contribution in [0.2, 0.25) is 0 Å². The second-order valence-electron chi connectivity index (χ2n) is 7.42. The minimum Gasteiger partial charge on any atom is -0.493 e. The summed E-state index contributed by atoms with van der Waals surface area (Å²) in [5, 5.41) is 0.684. The lowest BCUT2D eigenvalue weighted by atomic mass is 10.1. The fourth-order valence-corrected chi connectivity index (χ4v) is 4.77. The highest BCUT2D eigenvalue weighted by atomic mass is 32.1. The number of carbonyl (C=O) groups excluding carboxylic acids is 1. The van der Waals surface area contributed by atoms with Crippen molar-refractivity contribution in [2.45, 2.75) is 6.92 Å². The van der Waals surface area contributed by atoms with Gasteiger partial charge in [0.2, 0.25) is 0 Å². The summed E-state index contributed by atoms with van der Waals surface area (Å²) in [6.07, 6.45) is 0. The maximum absolute atomic E-state index is 13.7. The number of carbonyl (C=O) groups is 1. The number of benzene rings is 2. The number of anilines is 1. The summed E-state index contributed by atoms with van der Waals surface area (Å²) in [6, 6.07) is 11.5. The molecule has 0 atom stereocenters. The van der Waals surface area contributed by atoms with Crippen molar-refractivity contribution >= 4 is 32.6 Å². The van der Waals surface area contributed by atoms with Crippen LogP contribution in [0, 0.1) is 6.92 Å². The number of methoxy groups -OCH3 is 2. The molecule has 1 aliphatic rings. The Bertz CT molecular complexity index is 1060. The molecule has 1 saturated heterocycles. The third-order valence-electron chi connectivity index (χ3n) is 5.39. The minimum atomic E-state index is -0.153. The zero-order valence-corrected chi connectivity index (χ0v) is 18.9. The summed E-state index contributed by atoms with van der Waals surface area (Å²) in [5.41, 5.74) is 2.52. The molecule has 164 valence electrons. The van der Waals surface area contributed by atoms with E-state index < -0.39 is 0 Å². The van der Waals surface area contributed by atoms with Gasteiger partial charge in [-0.3, -0.25) is 14.6 Å². The van der Waals surface area contributed by atoms with Gasteiger partial charge in [-0.1, -0.05) is 23.5 Å². The fourth-order valence-electron chi connectivity index (χ4n) is 3.69. The fraction of sp³-hybridized carbons (Fsp3) is 0.391. The van der Waals surface area contributed by atoms with E-state index in [-0.39, 0.29) is 5.91 Å². The third kappa shape index (κ3) is 4.66. The van der Waals surface area contributed by atoms with Crippen LogP contribution in [-0.4, -0.2) is 69.4 Å². The van der Waals surface area contributed by atoms with E-state index in [1.807, 2.05) is 12.1 Å². The van der Waals surface area contributed by atoms with E-state index in [0.29, 0.717) is 28.7 Å². The van der Waals surface area contributed by atoms with E-state index in [0.717, 1.165) is 43.1 Å². The zero-order chi connectivity index (χ0) is 21.8. The maximum atomic E-state index is 13.7. The van der Waals surface area contributed by atoms with Gasteiger partial charge in [0.25, 0.3) is 5.91 Å². The molecule has 8 heteroatoms. The number of hydrogen-bond acceptors (Lipinski definition) is 7. The second kappa shape index (κ2) is 9.64. The van der Waals surface area contributed by atoms with Crippen molar-refractivity contribution in [2.75, 3.05) is 58.5 Å². The van der Waals surface area contributed by atoms with Crippen molar-refractivity contribution in [3.63, 3.8) is 0 Å². The Morgan fingerprint density at radius 2 is 2.00 bits per heavy atom. The van der Waals surface area contributed by atoms with Gasteiger partial charge in [0.1, 0.15) is 0 Å². The monoisotopic (exact) mass is 441 g/mol. The molecule has 7 nitrogen and oxygen atoms in total. The number of thiazole rings is 1. The number of hydrogen-bond donors (Lipinski definition) is 0. The molecule has 0 aliphatic carbocycles. The van der Waals surface area contributed by atoms with Crippen LogP contribution >= 0.6 is 11.3 Å². The standard InChI is InChI=1S/C23H27N3O4S/c1-16-7-8-18-20(15-16)31-23(24-18)26(10-9-25-11-13-30-14-12-25)22(27)17-5-4-6-19(28-2)21(17)29-3/h4-8,15H,9-14H2,1-3H3. The quantitative estimate of drug-likeness (QED) is 0.558. The van der Waals surface area contributed by atoms with Crippen molar-refractivity contribution in [1.82, 2.24) is 9.88 Å². The molecule has 2 aromatic carbocycles. The highest BCUT2D eigenvalue weighted by molar-refractivity contribution is 7.22. The van der Waals surface area contributed by atoms with Gasteiger partial charge in [0.15, 0.2) is 16.6 Å². The summed E-state index contributed by atoms with van der Waals surface area (Å²) in [6.45, 7) is 6.50. The van der Waals surface area contributed by atoms with Crippen LogP contribution in [-0.2, 0) is 4.74 Å². The van der Waals surface area contributed by atoms with Crippen LogP contribution < -0.4 is 14.4 Å². The minimum absolute atomic E-state index is 0.153. The number of amides is 1. The van der Waals surface area contributed by atoms with Crippen LogP contribution in [0.15, 0.2) is 36.4 Å². The van der Waals surface area contributed by atoms with Crippen LogP contribution in [0.4, 0.5) is 5.13 Å². The van der Waals surface area contributed by atoms with E-state index in [1.54, 1.807) is 37.3 Å². The molecule has 0 N–H and O–H groups in total. The SMILES string of the molecule is COc1cccc(C(=O)N(CCN2CCOCC2)c2nc3ccc(C)cc3s2)c1OC. The molecular weight excluding hydrogens is 414 g/mol. The highest BCUT2D eigenvalue weighted by Crippen LogP contribution is 2.35. The van der Waals surface area contributed by atoms with E-state index in [9.17, 15) is 4.79 Å². The average Bonchev–Trinajstić information content (AvgIpc) is 3.21. The topological polar surface area (TPSA) is 64.1 Å². The Balaban J connectivity index is 1.69. The summed E-state index contributed by atoms with van der Waals surface area (Å²) in [7, 11) is 3.12. The predicted molar refractivity (Wildman–Crippen MR) is 123 cm³/mol. The molecule has 0 saturated carbocycles. The molecule has 0 bridgehead atoms. The lowest BCUT2D eigenvalue weighted by Gasteiger charge is -2.29. The molecule has 4 rings (SSSR count). The molecule has 1 fully saturated rings. The Kier molecular flexibility index (Phi) is 6.70. The van der Waals surface area contributed by atoms with E-state index in [1.165, 1.54) is 16.9 Å². The van der Waals surface area contributed by atoms with Crippen LogP contribution in [0.5, 0.6) is 11.5 Å². The van der Waals surface area contributed by atoms with Gasteiger partial charge in [-0.25, -0.2) is 4.98 Å². The molecule has 0 spiro atoms. The molecule has 1 aliphatic heterocycles. The Labute approximate surface area is 186 Å². The number of nitrogens with zero attached hydrogens (tertiary/aromatic N) is 3. The largest absolute Gasteiger partial charge is 0.493 e. The first-order valence-electron chi connectivity index (χ1n) is 10.3. The van der Waals surface area contributed by atoms with Gasteiger partial charge >= 0.3 is 0 Å². The first kappa shape index (κ1) is 21.5. The highest BCUT2D eigenvalue weighted by Gasteiger charge is 2.26. The average molecular weight is 442 g/mol. The van der Waals surface area contributed by atoms with Crippen LogP contribution in [0.3, 0.4) is 0 Å². The normalized spacial score (nSPS) is 14.5. The van der Waals surface area contributed by atoms with E-state index >= 15 is 0 Å². The van der Waals surface area contributed by atoms with Gasteiger partial charge in [-0.05, 0) is 36.8 Å². The van der Waals surface area contributed by atoms with Crippen molar-refractivity contribution in [2.24, 2.45) is 0 Å². The number of aryl methyl sites for hydroxylation is 1. The zero-order valence-electron chi connectivity index (χ0n) is 18.1. The molecule has 0 radical (unpaired) electrons. The number of fused-ring (bicyclic) bond motifs is 1. The van der Waals surface area contributed by atoms with Gasteiger partial charge in [-0.2, -0.15) is 0 Å². The summed E-state index contributed by atoms with van der Waals surface area (Å²) in [5.74, 6) is 0.810. The van der Waals surface area contributed by atoms with Crippen molar-refractivity contribution in [1.29, 1.82) is 0 Å². The van der Waals surface area contributed by atoms with Gasteiger partial charge in [0, 0.05) is 26.2 Å². The number of ether oxygens (including phenoxy) is 3. The number of rotatable bonds is 7. The molecule has 2 heterocycles. The summed E-state index contributed by atoms with van der Waals surface area (Å²) >= 11 is 1.53. The van der Waals surface area contributed by atoms with Gasteiger partial charge in [-0.15, -0.1) is 0 Å². The van der Waals surface area contributed by atoms with E-state index in [4.69, 9.17) is 19.2 Å². The maximum Gasteiger partial charge on any atom is 0.264 e. The molecule has 1 amide bonds. The number of morpholine rings is 1. The molecule has 1 aromatic heterocycles. The molecule has 31 heavy (non-hydrogen) atoms. The lowest BCUT2D eigenvalue weighted by Crippen LogP contribution is -2.43. The van der Waals surface area contributed by atoms with Crippen molar-refractivity contribution in [3.05, 3.63) is 47.5 Å². The first-order valence-corrected chi connectivity index (χ1v) is 11.1. The number of para-hydroxylation sites is 1. The second-order valence-corrected chi connectivity index (χ2v) is 8.43. The summed E-state index contributed by atoms with van der Waals surface area (Å²) < 4.78 is 17.4. The molecule has 0 unspecified atom stereocenters. The van der Waals surface area contributed by atoms with Crippen LogP contribution in [0.25, 0.3) is 10.2 Å². The van der Waals surface area contributed by atoms with Crippen molar-refractivity contribution < 1.29 is 19.0 Å².